The largest absolute Gasteiger partial charge is 0.249 e. The zero-order valence-corrected chi connectivity index (χ0v) is 50.6. The lowest BCUT2D eigenvalue weighted by atomic mass is 9.59. The van der Waals surface area contributed by atoms with Gasteiger partial charge in [-0.15, -0.1) is 0 Å². The van der Waals surface area contributed by atoms with Gasteiger partial charge in [0.25, 0.3) is 0 Å². The fourth-order valence-electron chi connectivity index (χ4n) is 12.9. The van der Waals surface area contributed by atoms with E-state index in [-0.39, 0.29) is 27.1 Å². The standard InChI is InChI=1S/C79H81N4/c1-75(2,3)60-40-42-80(13)71(47-60)55-32-28-52(29-33-55)63-22-16-19-25-66(63)57-44-58(67-26-20-17-23-64(67)53-30-34-56(35-31-53)72-48-61(76(4,5)6)41-43-81(72)14)46-59(45-57)68-27-21-18-24-65(68)54-36-38-62(39-37-54)83-51-82(15)73-49-69-70(50-74(73)83)78(9,10)79(11,12)77(69,7)8/h16-51H,1-15H3/q+3/i13D3,14D3. The number of aromatic nitrogens is 4. The van der Waals surface area contributed by atoms with Gasteiger partial charge in [0.05, 0.1) is 7.05 Å². The van der Waals surface area contributed by atoms with Crippen molar-refractivity contribution in [3.05, 3.63) is 241 Å². The Labute approximate surface area is 502 Å². The molecule has 4 nitrogen and oxygen atoms in total. The van der Waals surface area contributed by atoms with Gasteiger partial charge in [0.1, 0.15) is 27.9 Å². The maximum Gasteiger partial charge on any atom is 0.249 e. The number of benzene rings is 8. The van der Waals surface area contributed by atoms with Crippen molar-refractivity contribution >= 4 is 11.0 Å². The smallest absolute Gasteiger partial charge is 0.232 e. The number of nitrogens with zero attached hydrogens (tertiary/aromatic N) is 4. The van der Waals surface area contributed by atoms with E-state index in [2.05, 4.69) is 257 Å². The summed E-state index contributed by atoms with van der Waals surface area (Å²) in [6, 6.07) is 71.0. The van der Waals surface area contributed by atoms with Crippen molar-refractivity contribution in [3.63, 3.8) is 0 Å². The van der Waals surface area contributed by atoms with E-state index in [1.165, 1.54) is 31.3 Å². The molecular formula is C79H81N4+3. The number of pyridine rings is 2. The van der Waals surface area contributed by atoms with Crippen LogP contribution in [0.5, 0.6) is 0 Å². The van der Waals surface area contributed by atoms with Gasteiger partial charge in [0, 0.05) is 35.4 Å². The lowest BCUT2D eigenvalue weighted by molar-refractivity contribution is -0.660. The summed E-state index contributed by atoms with van der Waals surface area (Å²) in [5, 5.41) is 0. The Kier molecular flexibility index (Phi) is 11.7. The van der Waals surface area contributed by atoms with Crippen LogP contribution in [0.25, 0.3) is 106 Å². The summed E-state index contributed by atoms with van der Waals surface area (Å²) in [6.07, 6.45) is 5.59. The molecule has 83 heavy (non-hydrogen) atoms. The minimum Gasteiger partial charge on any atom is -0.232 e. The Bertz CT molecular complexity index is 4360. The summed E-state index contributed by atoms with van der Waals surface area (Å²) < 4.78 is 58.1. The number of imidazole rings is 1. The lowest BCUT2D eigenvalue weighted by Crippen LogP contribution is -2.42. The number of fused-ring (bicyclic) bond motifs is 2. The van der Waals surface area contributed by atoms with E-state index >= 15 is 0 Å². The second-order valence-electron chi connectivity index (χ2n) is 26.8. The van der Waals surface area contributed by atoms with Crippen molar-refractivity contribution in [1.29, 1.82) is 0 Å². The minimum absolute atomic E-state index is 0.00156. The third kappa shape index (κ3) is 9.55. The number of rotatable bonds is 9. The molecule has 0 fully saturated rings. The molecule has 0 amide bonds. The van der Waals surface area contributed by atoms with Crippen LogP contribution in [0.2, 0.25) is 0 Å². The van der Waals surface area contributed by atoms with E-state index in [1.807, 2.05) is 48.5 Å². The first-order valence-electron chi connectivity index (χ1n) is 32.3. The number of hydrogen-bond acceptors (Lipinski definition) is 0. The summed E-state index contributed by atoms with van der Waals surface area (Å²) in [7, 11) is 2.15. The topological polar surface area (TPSA) is 16.6 Å². The lowest BCUT2D eigenvalue weighted by Gasteiger charge is -2.44. The molecule has 11 aromatic rings. The highest BCUT2D eigenvalue weighted by atomic mass is 15.1. The molecule has 8 aromatic carbocycles. The van der Waals surface area contributed by atoms with Crippen LogP contribution in [0.15, 0.2) is 219 Å². The average molecular weight is 1090 g/mol. The molecule has 0 saturated carbocycles. The van der Waals surface area contributed by atoms with Crippen molar-refractivity contribution in [1.82, 2.24) is 4.57 Å². The first-order valence-corrected chi connectivity index (χ1v) is 29.3. The summed E-state index contributed by atoms with van der Waals surface area (Å²) >= 11 is 0. The number of hydrogen-bond donors (Lipinski definition) is 0. The van der Waals surface area contributed by atoms with Gasteiger partial charge in [-0.25, -0.2) is 13.7 Å². The predicted octanol–water partition coefficient (Wildman–Crippen LogP) is 18.6. The molecule has 0 radical (unpaired) electrons. The van der Waals surface area contributed by atoms with Crippen molar-refractivity contribution in [3.8, 4) is 95.0 Å². The van der Waals surface area contributed by atoms with Gasteiger partial charge in [-0.3, -0.25) is 0 Å². The van der Waals surface area contributed by atoms with Gasteiger partial charge in [-0.2, -0.15) is 4.57 Å². The molecular weight excluding hydrogens is 1000 g/mol. The van der Waals surface area contributed by atoms with Crippen LogP contribution in [-0.4, -0.2) is 4.57 Å². The third-order valence-electron chi connectivity index (χ3n) is 19.2. The van der Waals surface area contributed by atoms with Gasteiger partial charge >= 0.3 is 0 Å². The van der Waals surface area contributed by atoms with Crippen molar-refractivity contribution < 1.29 is 21.9 Å². The molecule has 1 aliphatic carbocycles. The summed E-state index contributed by atoms with van der Waals surface area (Å²) in [6.45, 7) is 22.6. The van der Waals surface area contributed by atoms with Crippen molar-refractivity contribution in [2.24, 2.45) is 26.4 Å². The maximum atomic E-state index is 8.45. The van der Waals surface area contributed by atoms with Crippen LogP contribution in [0, 0.1) is 5.41 Å². The molecule has 4 heteroatoms. The fourth-order valence-corrected chi connectivity index (χ4v) is 12.9. The highest BCUT2D eigenvalue weighted by Crippen LogP contribution is 2.62. The predicted molar refractivity (Wildman–Crippen MR) is 348 cm³/mol. The summed E-state index contributed by atoms with van der Waals surface area (Å²) in [4.78, 5) is 0. The normalized spacial score (nSPS) is 15.9. The van der Waals surface area contributed by atoms with Crippen LogP contribution in [0.3, 0.4) is 0 Å². The molecule has 1 aliphatic rings. The van der Waals surface area contributed by atoms with Crippen LogP contribution in [0.4, 0.5) is 0 Å². The van der Waals surface area contributed by atoms with Crippen LogP contribution in [0.1, 0.15) is 114 Å². The Morgan fingerprint density at radius 3 is 1.07 bits per heavy atom. The molecule has 12 rings (SSSR count). The molecule has 3 heterocycles. The van der Waals surface area contributed by atoms with Gasteiger partial charge in [-0.1, -0.05) is 192 Å². The Morgan fingerprint density at radius 2 is 0.711 bits per heavy atom. The first-order chi connectivity index (χ1) is 41.8. The molecule has 0 N–H and O–H groups in total. The SMILES string of the molecule is [2H]C([2H])([2H])[n+]1ccc(C(C)(C)C)cc1-c1ccc(-c2ccccc2-c2cc(-c3ccccc3-c3ccc(-c4cc(C(C)(C)C)cc[n+]4C([2H])([2H])[2H])cc3)cc(-c3ccccc3-c3ccc(-n4c[n+](C)c5cc6c(cc54)C(C)(C)C(C)(C)C6(C)C)cc3)c2)cc1. The van der Waals surface area contributed by atoms with Crippen LogP contribution in [-0.2, 0) is 42.7 Å². The molecule has 0 atom stereocenters. The monoisotopic (exact) mass is 1090 g/mol. The molecule has 0 saturated heterocycles. The van der Waals surface area contributed by atoms with Crippen LogP contribution >= 0.6 is 0 Å². The average Bonchev–Trinajstić information content (AvgIpc) is 1.55. The quantitative estimate of drug-likeness (QED) is 0.128. The van der Waals surface area contributed by atoms with Crippen molar-refractivity contribution in [2.75, 3.05) is 0 Å². The second-order valence-corrected chi connectivity index (χ2v) is 26.8. The molecule has 0 aliphatic heterocycles. The van der Waals surface area contributed by atoms with Crippen LogP contribution < -0.4 is 13.7 Å². The van der Waals surface area contributed by atoms with Gasteiger partial charge in [-0.05, 0) is 183 Å². The molecule has 414 valence electrons. The molecule has 0 spiro atoms. The number of aryl methyl sites for hydroxylation is 3. The van der Waals surface area contributed by atoms with Gasteiger partial charge in [0.15, 0.2) is 23.4 Å². The highest BCUT2D eigenvalue weighted by molar-refractivity contribution is 5.94. The van der Waals surface area contributed by atoms with Gasteiger partial charge in [0.2, 0.25) is 17.7 Å². The molecule has 0 bridgehead atoms. The Morgan fingerprint density at radius 1 is 0.373 bits per heavy atom. The summed E-state index contributed by atoms with van der Waals surface area (Å²) in [5.41, 5.74) is 23.6. The Balaban J connectivity index is 0.986. The van der Waals surface area contributed by atoms with E-state index in [9.17, 15) is 0 Å². The minimum atomic E-state index is -2.36. The van der Waals surface area contributed by atoms with E-state index in [0.717, 1.165) is 94.7 Å². The fraction of sp³-hybridized carbons (Fsp3) is 0.253. The van der Waals surface area contributed by atoms with Gasteiger partial charge < -0.3 is 0 Å². The Hall–Kier alpha value is -8.47. The zero-order valence-electron chi connectivity index (χ0n) is 56.6. The van der Waals surface area contributed by atoms with E-state index in [0.29, 0.717) is 11.4 Å². The second kappa shape index (κ2) is 20.2. The molecule has 3 aromatic heterocycles. The highest BCUT2D eigenvalue weighted by Gasteiger charge is 2.57. The first kappa shape index (κ1) is 48.1. The third-order valence-corrected chi connectivity index (χ3v) is 19.2. The van der Waals surface area contributed by atoms with E-state index < -0.39 is 14.0 Å². The molecule has 0 unspecified atom stereocenters. The van der Waals surface area contributed by atoms with E-state index in [1.54, 1.807) is 12.4 Å². The van der Waals surface area contributed by atoms with Crippen molar-refractivity contribution in [2.45, 2.75) is 105 Å². The zero-order chi connectivity index (χ0) is 63.5. The summed E-state index contributed by atoms with van der Waals surface area (Å²) in [5.74, 6) is 0. The maximum absolute atomic E-state index is 8.45. The van der Waals surface area contributed by atoms with E-state index in [4.69, 9.17) is 8.22 Å².